The zero-order valence-electron chi connectivity index (χ0n) is 13.9. The summed E-state index contributed by atoms with van der Waals surface area (Å²) in [6, 6.07) is 12.3. The lowest BCUT2D eigenvalue weighted by Gasteiger charge is -2.35. The molecule has 1 aliphatic heterocycles. The molecule has 7 heteroatoms. The summed E-state index contributed by atoms with van der Waals surface area (Å²) in [7, 11) is 0. The fourth-order valence-corrected chi connectivity index (χ4v) is 2.85. The lowest BCUT2D eigenvalue weighted by atomic mass is 10.1. The number of hydrazine groups is 1. The van der Waals surface area contributed by atoms with Gasteiger partial charge in [-0.15, -0.1) is 0 Å². The van der Waals surface area contributed by atoms with E-state index in [0.717, 1.165) is 11.3 Å². The maximum atomic E-state index is 12.5. The SMILES string of the molecule is Cc1cc(Cl)ccc1OCC(=O)NN1C(=O)c2ccccc2NC1C. The van der Waals surface area contributed by atoms with Gasteiger partial charge in [-0.1, -0.05) is 23.7 Å². The molecule has 0 fully saturated rings. The van der Waals surface area contributed by atoms with Crippen LogP contribution in [0.5, 0.6) is 5.75 Å². The lowest BCUT2D eigenvalue weighted by molar-refractivity contribution is -0.127. The molecule has 0 spiro atoms. The number of anilines is 1. The fourth-order valence-electron chi connectivity index (χ4n) is 2.62. The van der Waals surface area contributed by atoms with Gasteiger partial charge in [0, 0.05) is 10.7 Å². The molecule has 2 aromatic carbocycles. The average Bonchev–Trinajstić information content (AvgIpc) is 2.58. The van der Waals surface area contributed by atoms with Gasteiger partial charge in [0.15, 0.2) is 6.61 Å². The highest BCUT2D eigenvalue weighted by Gasteiger charge is 2.30. The zero-order valence-corrected chi connectivity index (χ0v) is 14.6. The first-order valence-corrected chi connectivity index (χ1v) is 8.21. The van der Waals surface area contributed by atoms with Crippen molar-refractivity contribution in [1.29, 1.82) is 0 Å². The topological polar surface area (TPSA) is 70.7 Å². The summed E-state index contributed by atoms with van der Waals surface area (Å²) in [6.07, 6.45) is -0.372. The molecule has 2 aromatic rings. The lowest BCUT2D eigenvalue weighted by Crippen LogP contribution is -2.56. The van der Waals surface area contributed by atoms with Crippen LogP contribution in [0.15, 0.2) is 42.5 Å². The molecule has 0 saturated heterocycles. The highest BCUT2D eigenvalue weighted by atomic mass is 35.5. The van der Waals surface area contributed by atoms with Crippen molar-refractivity contribution in [2.24, 2.45) is 0 Å². The molecule has 0 radical (unpaired) electrons. The van der Waals surface area contributed by atoms with Crippen molar-refractivity contribution in [2.45, 2.75) is 20.0 Å². The van der Waals surface area contributed by atoms with Crippen molar-refractivity contribution >= 4 is 29.1 Å². The maximum Gasteiger partial charge on any atom is 0.276 e. The predicted molar refractivity (Wildman–Crippen MR) is 95.5 cm³/mol. The third-order valence-corrected chi connectivity index (χ3v) is 4.10. The van der Waals surface area contributed by atoms with Crippen LogP contribution < -0.4 is 15.5 Å². The number of rotatable bonds is 4. The molecule has 25 heavy (non-hydrogen) atoms. The van der Waals surface area contributed by atoms with Crippen LogP contribution in [0, 0.1) is 6.92 Å². The monoisotopic (exact) mass is 359 g/mol. The molecule has 0 bridgehead atoms. The zero-order chi connectivity index (χ0) is 18.0. The van der Waals surface area contributed by atoms with Crippen molar-refractivity contribution in [3.05, 3.63) is 58.6 Å². The molecule has 0 saturated carbocycles. The molecule has 6 nitrogen and oxygen atoms in total. The number of para-hydroxylation sites is 1. The Hall–Kier alpha value is -2.73. The van der Waals surface area contributed by atoms with Crippen molar-refractivity contribution in [3.8, 4) is 5.75 Å². The third-order valence-electron chi connectivity index (χ3n) is 3.87. The minimum atomic E-state index is -0.421. The third kappa shape index (κ3) is 3.69. The van der Waals surface area contributed by atoms with Crippen molar-refractivity contribution in [3.63, 3.8) is 0 Å². The smallest absolute Gasteiger partial charge is 0.276 e. The first-order chi connectivity index (χ1) is 12.0. The standard InChI is InChI=1S/C18H18ClN3O3/c1-11-9-13(19)7-8-16(11)25-10-17(23)21-22-12(2)20-15-6-4-3-5-14(15)18(22)24/h3-9,12,20H,10H2,1-2H3,(H,21,23). The Labute approximate surface area is 150 Å². The van der Waals surface area contributed by atoms with E-state index in [1.54, 1.807) is 37.3 Å². The number of halogens is 1. The number of aryl methyl sites for hydroxylation is 1. The summed E-state index contributed by atoms with van der Waals surface area (Å²) >= 11 is 5.90. The molecule has 1 atom stereocenters. The van der Waals surface area contributed by atoms with Crippen LogP contribution in [-0.4, -0.2) is 29.6 Å². The average molecular weight is 360 g/mol. The number of benzene rings is 2. The van der Waals surface area contributed by atoms with Gasteiger partial charge in [-0.05, 0) is 49.7 Å². The molecule has 1 heterocycles. The van der Waals surface area contributed by atoms with Gasteiger partial charge < -0.3 is 10.1 Å². The second-order valence-electron chi connectivity index (χ2n) is 5.77. The summed E-state index contributed by atoms with van der Waals surface area (Å²) in [6.45, 7) is 3.43. The molecule has 1 aliphatic rings. The van der Waals surface area contributed by atoms with Gasteiger partial charge >= 0.3 is 0 Å². The van der Waals surface area contributed by atoms with E-state index in [9.17, 15) is 9.59 Å². The van der Waals surface area contributed by atoms with Crippen LogP contribution in [0.3, 0.4) is 0 Å². The fraction of sp³-hybridized carbons (Fsp3) is 0.222. The Kier molecular flexibility index (Phi) is 4.81. The summed E-state index contributed by atoms with van der Waals surface area (Å²) in [5.74, 6) is -0.116. The maximum absolute atomic E-state index is 12.5. The molecule has 2 N–H and O–H groups in total. The van der Waals surface area contributed by atoms with Crippen LogP contribution in [0.25, 0.3) is 0 Å². The Bertz CT molecular complexity index is 825. The minimum Gasteiger partial charge on any atom is -0.483 e. The molecular formula is C18H18ClN3O3. The van der Waals surface area contributed by atoms with E-state index in [1.165, 1.54) is 5.01 Å². The summed E-state index contributed by atoms with van der Waals surface area (Å²) < 4.78 is 5.51. The van der Waals surface area contributed by atoms with E-state index < -0.39 is 5.91 Å². The van der Waals surface area contributed by atoms with Gasteiger partial charge in [0.05, 0.1) is 5.56 Å². The van der Waals surface area contributed by atoms with E-state index in [-0.39, 0.29) is 18.7 Å². The number of carbonyl (C=O) groups excluding carboxylic acids is 2. The van der Waals surface area contributed by atoms with Gasteiger partial charge in [-0.2, -0.15) is 0 Å². The van der Waals surface area contributed by atoms with E-state index in [0.29, 0.717) is 16.3 Å². The Morgan fingerprint density at radius 1 is 1.32 bits per heavy atom. The Balaban J connectivity index is 1.64. The second-order valence-corrected chi connectivity index (χ2v) is 6.21. The molecule has 0 aliphatic carbocycles. The Morgan fingerprint density at radius 3 is 2.84 bits per heavy atom. The van der Waals surface area contributed by atoms with E-state index >= 15 is 0 Å². The number of nitrogens with one attached hydrogen (secondary N) is 2. The number of nitrogens with zero attached hydrogens (tertiary/aromatic N) is 1. The number of hydrogen-bond donors (Lipinski definition) is 2. The Morgan fingerprint density at radius 2 is 2.08 bits per heavy atom. The second kappa shape index (κ2) is 7.03. The van der Waals surface area contributed by atoms with Crippen molar-refractivity contribution < 1.29 is 14.3 Å². The van der Waals surface area contributed by atoms with Gasteiger partial charge in [-0.3, -0.25) is 15.0 Å². The number of carbonyl (C=O) groups is 2. The molecule has 130 valence electrons. The highest BCUT2D eigenvalue weighted by molar-refractivity contribution is 6.30. The molecular weight excluding hydrogens is 342 g/mol. The van der Waals surface area contributed by atoms with Crippen LogP contribution in [0.4, 0.5) is 5.69 Å². The molecule has 0 aromatic heterocycles. The van der Waals surface area contributed by atoms with Crippen molar-refractivity contribution in [2.75, 3.05) is 11.9 Å². The van der Waals surface area contributed by atoms with Crippen LogP contribution in [-0.2, 0) is 4.79 Å². The van der Waals surface area contributed by atoms with E-state index in [4.69, 9.17) is 16.3 Å². The number of fused-ring (bicyclic) bond motifs is 1. The summed E-state index contributed by atoms with van der Waals surface area (Å²) in [5.41, 5.74) is 4.68. The summed E-state index contributed by atoms with van der Waals surface area (Å²) in [4.78, 5) is 24.7. The first-order valence-electron chi connectivity index (χ1n) is 7.83. The normalized spacial score (nSPS) is 16.0. The summed E-state index contributed by atoms with van der Waals surface area (Å²) in [5, 5.41) is 5.04. The van der Waals surface area contributed by atoms with Gasteiger partial charge in [0.1, 0.15) is 11.9 Å². The van der Waals surface area contributed by atoms with E-state index in [2.05, 4.69) is 10.7 Å². The number of amides is 2. The number of hydrogen-bond acceptors (Lipinski definition) is 4. The molecule has 3 rings (SSSR count). The highest BCUT2D eigenvalue weighted by Crippen LogP contribution is 2.24. The minimum absolute atomic E-state index is 0.208. The largest absolute Gasteiger partial charge is 0.483 e. The van der Waals surface area contributed by atoms with Gasteiger partial charge in [-0.25, -0.2) is 5.01 Å². The van der Waals surface area contributed by atoms with Crippen molar-refractivity contribution in [1.82, 2.24) is 10.4 Å². The van der Waals surface area contributed by atoms with Crippen LogP contribution in [0.1, 0.15) is 22.8 Å². The van der Waals surface area contributed by atoms with E-state index in [1.807, 2.05) is 19.1 Å². The predicted octanol–water partition coefficient (Wildman–Crippen LogP) is 2.97. The molecule has 1 unspecified atom stereocenters. The quantitative estimate of drug-likeness (QED) is 0.880. The van der Waals surface area contributed by atoms with Gasteiger partial charge in [0.2, 0.25) is 0 Å². The van der Waals surface area contributed by atoms with Crippen LogP contribution >= 0.6 is 11.6 Å². The molecule has 2 amide bonds. The number of ether oxygens (including phenoxy) is 1. The first kappa shape index (κ1) is 17.1. The van der Waals surface area contributed by atoms with Gasteiger partial charge in [0.25, 0.3) is 11.8 Å². The van der Waals surface area contributed by atoms with Crippen LogP contribution in [0.2, 0.25) is 5.02 Å².